The first-order valence-corrected chi connectivity index (χ1v) is 11.6. The van der Waals surface area contributed by atoms with Gasteiger partial charge in [0.2, 0.25) is 5.91 Å². The molecule has 0 unspecified atom stereocenters. The van der Waals surface area contributed by atoms with Crippen LogP contribution in [0.3, 0.4) is 0 Å². The molecule has 2 fully saturated rings. The van der Waals surface area contributed by atoms with Gasteiger partial charge in [0.15, 0.2) is 11.5 Å². The van der Waals surface area contributed by atoms with Crippen molar-refractivity contribution in [2.75, 3.05) is 40.0 Å². The number of likely N-dealkylation sites (tertiary alicyclic amines) is 1. The van der Waals surface area contributed by atoms with Crippen molar-refractivity contribution in [3.63, 3.8) is 0 Å². The molecule has 3 aliphatic heterocycles. The summed E-state index contributed by atoms with van der Waals surface area (Å²) < 4.78 is 24.5. The largest absolute Gasteiger partial charge is 0.493 e. The lowest BCUT2D eigenvalue weighted by Gasteiger charge is -2.26. The molecule has 34 heavy (non-hydrogen) atoms. The molecule has 11 nitrogen and oxygen atoms in total. The summed E-state index contributed by atoms with van der Waals surface area (Å²) in [6.07, 6.45) is 2.88. The summed E-state index contributed by atoms with van der Waals surface area (Å²) in [4.78, 5) is 28.1. The van der Waals surface area contributed by atoms with Crippen LogP contribution in [0.4, 0.5) is 0 Å². The Morgan fingerprint density at radius 2 is 2.06 bits per heavy atom. The van der Waals surface area contributed by atoms with E-state index in [0.717, 1.165) is 12.8 Å². The average molecular weight is 472 g/mol. The molecule has 3 aliphatic rings. The summed E-state index contributed by atoms with van der Waals surface area (Å²) in [5.74, 6) is 0.791. The first kappa shape index (κ1) is 22.6. The number of carbonyl (C=O) groups is 2. The second-order valence-electron chi connectivity index (χ2n) is 8.75. The van der Waals surface area contributed by atoms with Gasteiger partial charge < -0.3 is 29.2 Å². The van der Waals surface area contributed by atoms with Crippen LogP contribution in [0.1, 0.15) is 28.9 Å². The molecular formula is C23H29N5O6. The van der Waals surface area contributed by atoms with Crippen molar-refractivity contribution in [2.45, 2.75) is 38.1 Å². The molecule has 2 aromatic rings. The SMILES string of the molecule is COc1ccc2cc1OCCn1cc(nn1)CO[C@H]1CN(C(=O)C3CCOCC3)C[C@@H]1NC2=O. The molecule has 1 N–H and O–H groups in total. The predicted octanol–water partition coefficient (Wildman–Crippen LogP) is 0.632. The molecular weight excluding hydrogens is 442 g/mol. The smallest absolute Gasteiger partial charge is 0.251 e. The first-order chi connectivity index (χ1) is 16.6. The number of hydrogen-bond donors (Lipinski definition) is 1. The Labute approximate surface area is 197 Å². The van der Waals surface area contributed by atoms with E-state index in [2.05, 4.69) is 15.6 Å². The third-order valence-corrected chi connectivity index (χ3v) is 6.50. The monoisotopic (exact) mass is 471 g/mol. The van der Waals surface area contributed by atoms with Gasteiger partial charge in [-0.25, -0.2) is 4.68 Å². The summed E-state index contributed by atoms with van der Waals surface area (Å²) in [7, 11) is 1.55. The molecule has 4 heterocycles. The summed E-state index contributed by atoms with van der Waals surface area (Å²) in [6.45, 7) is 3.04. The Morgan fingerprint density at radius 3 is 2.88 bits per heavy atom. The van der Waals surface area contributed by atoms with Crippen LogP contribution in [0.15, 0.2) is 24.4 Å². The maximum atomic E-state index is 13.1. The molecule has 2 saturated heterocycles. The molecule has 1 aromatic heterocycles. The Morgan fingerprint density at radius 1 is 1.21 bits per heavy atom. The number of ether oxygens (including phenoxy) is 4. The standard InChI is InChI=1S/C23H29N5O6/c1-31-19-3-2-16-10-20(19)33-9-6-28-11-17(25-26-28)14-34-21-13-27(12-18(21)24-22(16)29)23(30)15-4-7-32-8-5-15/h2-3,10-11,15,18,21H,4-9,12-14H2,1H3,(H,24,29)/t18-,21-/m0/s1. The minimum absolute atomic E-state index is 0.0529. The van der Waals surface area contributed by atoms with Gasteiger partial charge in [0, 0.05) is 37.8 Å². The average Bonchev–Trinajstić information content (AvgIpc) is 3.49. The molecule has 0 saturated carbocycles. The Balaban J connectivity index is 1.39. The molecule has 0 aliphatic carbocycles. The molecule has 1 aromatic carbocycles. The van der Waals surface area contributed by atoms with Crippen LogP contribution in [0.2, 0.25) is 0 Å². The van der Waals surface area contributed by atoms with Gasteiger partial charge in [-0.05, 0) is 31.0 Å². The number of nitrogens with one attached hydrogen (secondary N) is 1. The highest BCUT2D eigenvalue weighted by molar-refractivity contribution is 5.95. The summed E-state index contributed by atoms with van der Waals surface area (Å²) in [6, 6.07) is 4.71. The van der Waals surface area contributed by atoms with Crippen molar-refractivity contribution in [1.29, 1.82) is 0 Å². The van der Waals surface area contributed by atoms with E-state index in [-0.39, 0.29) is 36.5 Å². The van der Waals surface area contributed by atoms with Crippen molar-refractivity contribution >= 4 is 11.8 Å². The molecule has 11 heteroatoms. The lowest BCUT2D eigenvalue weighted by molar-refractivity contribution is -0.138. The number of fused-ring (bicyclic) bond motifs is 5. The number of rotatable bonds is 2. The molecule has 2 atom stereocenters. The third kappa shape index (κ3) is 4.85. The van der Waals surface area contributed by atoms with E-state index in [1.54, 1.807) is 34.9 Å². The van der Waals surface area contributed by atoms with Gasteiger partial charge in [0.05, 0.1) is 38.6 Å². The van der Waals surface area contributed by atoms with Gasteiger partial charge in [-0.3, -0.25) is 9.59 Å². The van der Waals surface area contributed by atoms with Crippen LogP contribution < -0.4 is 14.8 Å². The summed E-state index contributed by atoms with van der Waals surface area (Å²) in [5, 5.41) is 11.4. The lowest BCUT2D eigenvalue weighted by atomic mass is 9.99. The second-order valence-corrected chi connectivity index (χ2v) is 8.75. The van der Waals surface area contributed by atoms with Gasteiger partial charge in [-0.2, -0.15) is 0 Å². The summed E-state index contributed by atoms with van der Waals surface area (Å²) in [5.41, 5.74) is 1.12. The molecule has 182 valence electrons. The maximum absolute atomic E-state index is 13.1. The predicted molar refractivity (Wildman–Crippen MR) is 118 cm³/mol. The van der Waals surface area contributed by atoms with Crippen LogP contribution in [0, 0.1) is 5.92 Å². The zero-order valence-corrected chi connectivity index (χ0v) is 19.1. The molecule has 0 spiro atoms. The number of carbonyl (C=O) groups excluding carboxylic acids is 2. The first-order valence-electron chi connectivity index (χ1n) is 11.6. The number of amides is 2. The van der Waals surface area contributed by atoms with E-state index in [4.69, 9.17) is 18.9 Å². The van der Waals surface area contributed by atoms with Gasteiger partial charge in [-0.1, -0.05) is 5.21 Å². The Kier molecular flexibility index (Phi) is 6.63. The van der Waals surface area contributed by atoms with Crippen molar-refractivity contribution in [2.24, 2.45) is 5.92 Å². The molecule has 2 amide bonds. The highest BCUT2D eigenvalue weighted by atomic mass is 16.5. The van der Waals surface area contributed by atoms with Crippen LogP contribution in [-0.4, -0.2) is 83.9 Å². The quantitative estimate of drug-likeness (QED) is 0.678. The van der Waals surface area contributed by atoms with Crippen LogP contribution in [0.5, 0.6) is 11.5 Å². The fraction of sp³-hybridized carbons (Fsp3) is 0.565. The van der Waals surface area contributed by atoms with E-state index >= 15 is 0 Å². The molecule has 0 radical (unpaired) electrons. The fourth-order valence-corrected chi connectivity index (χ4v) is 4.60. The highest BCUT2D eigenvalue weighted by Gasteiger charge is 2.39. The van der Waals surface area contributed by atoms with Crippen molar-refractivity contribution in [1.82, 2.24) is 25.2 Å². The van der Waals surface area contributed by atoms with Gasteiger partial charge >= 0.3 is 0 Å². The van der Waals surface area contributed by atoms with Crippen molar-refractivity contribution in [3.05, 3.63) is 35.7 Å². The van der Waals surface area contributed by atoms with Crippen LogP contribution >= 0.6 is 0 Å². The molecule has 4 bridgehead atoms. The number of aromatic nitrogens is 3. The maximum Gasteiger partial charge on any atom is 0.251 e. The minimum atomic E-state index is -0.364. The third-order valence-electron chi connectivity index (χ3n) is 6.50. The lowest BCUT2D eigenvalue weighted by Crippen LogP contribution is -2.44. The van der Waals surface area contributed by atoms with E-state index in [9.17, 15) is 9.59 Å². The Hall–Kier alpha value is -3.18. The van der Waals surface area contributed by atoms with E-state index in [1.807, 2.05) is 6.20 Å². The zero-order chi connectivity index (χ0) is 23.5. The number of nitrogens with zero attached hydrogens (tertiary/aromatic N) is 4. The van der Waals surface area contributed by atoms with E-state index in [0.29, 0.717) is 62.2 Å². The summed E-state index contributed by atoms with van der Waals surface area (Å²) >= 11 is 0. The fourth-order valence-electron chi connectivity index (χ4n) is 4.60. The normalized spacial score (nSPS) is 23.8. The number of methoxy groups -OCH3 is 1. The Bertz CT molecular complexity index is 1040. The van der Waals surface area contributed by atoms with Crippen LogP contribution in [0.25, 0.3) is 0 Å². The van der Waals surface area contributed by atoms with E-state index < -0.39 is 0 Å². The number of hydrogen-bond acceptors (Lipinski definition) is 8. The molecule has 5 rings (SSSR count). The van der Waals surface area contributed by atoms with E-state index in [1.165, 1.54) is 0 Å². The number of benzene rings is 1. The minimum Gasteiger partial charge on any atom is -0.493 e. The van der Waals surface area contributed by atoms with Crippen molar-refractivity contribution in [3.8, 4) is 11.5 Å². The van der Waals surface area contributed by atoms with Gasteiger partial charge in [0.1, 0.15) is 12.3 Å². The zero-order valence-electron chi connectivity index (χ0n) is 19.1. The topological polar surface area (TPSA) is 117 Å². The van der Waals surface area contributed by atoms with Crippen LogP contribution in [-0.2, 0) is 27.4 Å². The van der Waals surface area contributed by atoms with Crippen molar-refractivity contribution < 1.29 is 28.5 Å². The van der Waals surface area contributed by atoms with Gasteiger partial charge in [0.25, 0.3) is 5.91 Å². The van der Waals surface area contributed by atoms with Gasteiger partial charge in [-0.15, -0.1) is 5.10 Å². The highest BCUT2D eigenvalue weighted by Crippen LogP contribution is 2.29. The second kappa shape index (κ2) is 9.98.